The molecule has 1 aliphatic rings. The van der Waals surface area contributed by atoms with Gasteiger partial charge in [0.25, 0.3) is 0 Å². The number of carbonyl (C=O) groups is 1. The average Bonchev–Trinajstić information content (AvgIpc) is 2.03. The lowest BCUT2D eigenvalue weighted by molar-refractivity contribution is -0.297. The van der Waals surface area contributed by atoms with Gasteiger partial charge in [-0.3, -0.25) is 0 Å². The normalized spacial score (nSPS) is 22.8. The molecule has 1 rings (SSSR count). The van der Waals surface area contributed by atoms with Crippen LogP contribution in [0.4, 0.5) is 0 Å². The average molecular weight is 163 g/mol. The maximum atomic E-state index is 10.1. The van der Waals surface area contributed by atoms with Crippen LogP contribution in [0.1, 0.15) is 13.3 Å². The summed E-state index contributed by atoms with van der Waals surface area (Å²) in [4.78, 5) is 10.1. The Morgan fingerprint density at radius 1 is 1.75 bits per heavy atom. The number of rotatable bonds is 2. The van der Waals surface area contributed by atoms with Crippen LogP contribution < -0.4 is 5.11 Å². The first-order chi connectivity index (χ1) is 5.70. The molecule has 12 heavy (non-hydrogen) atoms. The lowest BCUT2D eigenvalue weighted by atomic mass is 9.95. The molecule has 0 saturated heterocycles. The van der Waals surface area contributed by atoms with Gasteiger partial charge < -0.3 is 9.90 Å². The molecule has 0 aromatic heterocycles. The van der Waals surface area contributed by atoms with Crippen LogP contribution in [0.3, 0.4) is 0 Å². The van der Waals surface area contributed by atoms with Crippen molar-refractivity contribution in [1.82, 2.24) is 0 Å². The summed E-state index contributed by atoms with van der Waals surface area (Å²) in [5, 5.41) is 10.1. The van der Waals surface area contributed by atoms with Crippen LogP contribution in [0.5, 0.6) is 0 Å². The van der Waals surface area contributed by atoms with E-state index in [0.717, 1.165) is 18.1 Å². The fourth-order valence-corrected chi connectivity index (χ4v) is 1.17. The van der Waals surface area contributed by atoms with Crippen molar-refractivity contribution in [2.45, 2.75) is 13.3 Å². The highest BCUT2D eigenvalue weighted by Crippen LogP contribution is 2.18. The maximum Gasteiger partial charge on any atom is 0.0642 e. The predicted molar refractivity (Wildman–Crippen MR) is 45.2 cm³/mol. The van der Waals surface area contributed by atoms with Gasteiger partial charge in [-0.05, 0) is 24.0 Å². The minimum absolute atomic E-state index is 0.314. The second-order valence-corrected chi connectivity index (χ2v) is 2.81. The zero-order chi connectivity index (χ0) is 8.97. The highest BCUT2D eigenvalue weighted by Gasteiger charge is 2.03. The number of hydrogen-bond acceptors (Lipinski definition) is 2. The molecule has 1 unspecified atom stereocenters. The number of hydrogen-bond donors (Lipinski definition) is 0. The molecule has 0 fully saturated rings. The van der Waals surface area contributed by atoms with Gasteiger partial charge in [0, 0.05) is 0 Å². The van der Waals surface area contributed by atoms with E-state index in [1.807, 2.05) is 13.0 Å². The predicted octanol–water partition coefficient (Wildman–Crippen LogP) is 0.815. The number of carbonyl (C=O) groups excluding carboxylic acids is 1. The molecule has 0 aromatic carbocycles. The zero-order valence-electron chi connectivity index (χ0n) is 6.99. The monoisotopic (exact) mass is 163 g/mol. The highest BCUT2D eigenvalue weighted by atomic mass is 16.4. The molecule has 1 aliphatic carbocycles. The molecule has 0 N–H and O–H groups in total. The number of carboxylic acids is 1. The molecule has 0 radical (unpaired) electrons. The molecule has 2 heteroatoms. The molecule has 1 atom stereocenters. The number of allylic oxidation sites excluding steroid dienone is 5. The van der Waals surface area contributed by atoms with Gasteiger partial charge in [0.1, 0.15) is 0 Å². The van der Waals surface area contributed by atoms with Gasteiger partial charge in [0.05, 0.1) is 5.97 Å². The fourth-order valence-electron chi connectivity index (χ4n) is 1.17. The van der Waals surface area contributed by atoms with Gasteiger partial charge in [-0.25, -0.2) is 0 Å². The summed E-state index contributed by atoms with van der Waals surface area (Å²) in [6.45, 7) is 2.03. The van der Waals surface area contributed by atoms with Crippen molar-refractivity contribution in [1.29, 1.82) is 0 Å². The Hall–Kier alpha value is -1.31. The van der Waals surface area contributed by atoms with Gasteiger partial charge in [0.15, 0.2) is 0 Å². The Kier molecular flexibility index (Phi) is 2.86. The minimum Gasteiger partial charge on any atom is -0.545 e. The second kappa shape index (κ2) is 3.90. The first-order valence-corrected chi connectivity index (χ1v) is 3.96. The first kappa shape index (κ1) is 8.78. The van der Waals surface area contributed by atoms with Crippen molar-refractivity contribution >= 4 is 5.97 Å². The molecule has 0 amide bonds. The lowest BCUT2D eigenvalue weighted by Gasteiger charge is -2.11. The Morgan fingerprint density at radius 2 is 2.50 bits per heavy atom. The van der Waals surface area contributed by atoms with E-state index < -0.39 is 5.97 Å². The smallest absolute Gasteiger partial charge is 0.0642 e. The molecule has 0 spiro atoms. The Bertz CT molecular complexity index is 259. The second-order valence-electron chi connectivity index (χ2n) is 2.81. The van der Waals surface area contributed by atoms with Crippen LogP contribution in [-0.4, -0.2) is 5.97 Å². The summed E-state index contributed by atoms with van der Waals surface area (Å²) < 4.78 is 0. The SMILES string of the molecule is CC1C=CCC=C1/C=C/C(=O)[O-]. The van der Waals surface area contributed by atoms with Gasteiger partial charge in [-0.2, -0.15) is 0 Å². The van der Waals surface area contributed by atoms with Gasteiger partial charge in [0.2, 0.25) is 0 Å². The van der Waals surface area contributed by atoms with Crippen LogP contribution in [0.2, 0.25) is 0 Å². The molecule has 2 nitrogen and oxygen atoms in total. The first-order valence-electron chi connectivity index (χ1n) is 3.96. The highest BCUT2D eigenvalue weighted by molar-refractivity contribution is 5.78. The Balaban J connectivity index is 2.63. The van der Waals surface area contributed by atoms with Crippen LogP contribution in [-0.2, 0) is 4.79 Å². The van der Waals surface area contributed by atoms with Crippen LogP contribution in [0, 0.1) is 5.92 Å². The molecule has 64 valence electrons. The van der Waals surface area contributed by atoms with Crippen LogP contribution in [0.15, 0.2) is 36.0 Å². The van der Waals surface area contributed by atoms with Gasteiger partial charge in [-0.15, -0.1) is 0 Å². The molecule has 0 bridgehead atoms. The Morgan fingerprint density at radius 3 is 3.08 bits per heavy atom. The summed E-state index contributed by atoms with van der Waals surface area (Å²) in [6.07, 6.45) is 9.71. The van der Waals surface area contributed by atoms with Gasteiger partial charge >= 0.3 is 0 Å². The third-order valence-corrected chi connectivity index (χ3v) is 1.85. The summed E-state index contributed by atoms with van der Waals surface area (Å²) in [6, 6.07) is 0. The van der Waals surface area contributed by atoms with E-state index in [4.69, 9.17) is 0 Å². The van der Waals surface area contributed by atoms with Crippen molar-refractivity contribution < 1.29 is 9.90 Å². The standard InChI is InChI=1S/C10H12O2/c1-8-4-2-3-5-9(8)6-7-10(11)12/h2,4-8H,3H2,1H3,(H,11,12)/p-1/b7-6+. The number of aliphatic carboxylic acids is 1. The topological polar surface area (TPSA) is 40.1 Å². The van der Waals surface area contributed by atoms with E-state index in [-0.39, 0.29) is 0 Å². The largest absolute Gasteiger partial charge is 0.545 e. The minimum atomic E-state index is -1.14. The summed E-state index contributed by atoms with van der Waals surface area (Å²) in [7, 11) is 0. The summed E-state index contributed by atoms with van der Waals surface area (Å²) in [5.74, 6) is -0.827. The summed E-state index contributed by atoms with van der Waals surface area (Å²) in [5.41, 5.74) is 1.04. The molecule has 0 aromatic rings. The maximum absolute atomic E-state index is 10.1. The molecule has 0 aliphatic heterocycles. The number of carboxylic acid groups (broad SMARTS) is 1. The third kappa shape index (κ3) is 2.38. The molecular weight excluding hydrogens is 152 g/mol. The van der Waals surface area contributed by atoms with Crippen LogP contribution in [0.25, 0.3) is 0 Å². The van der Waals surface area contributed by atoms with Gasteiger partial charge in [-0.1, -0.05) is 31.2 Å². The van der Waals surface area contributed by atoms with Crippen molar-refractivity contribution in [3.8, 4) is 0 Å². The van der Waals surface area contributed by atoms with E-state index >= 15 is 0 Å². The van der Waals surface area contributed by atoms with Crippen molar-refractivity contribution in [2.75, 3.05) is 0 Å². The molecular formula is C10H11O2-. The molecule has 0 saturated carbocycles. The third-order valence-electron chi connectivity index (χ3n) is 1.85. The summed E-state index contributed by atoms with van der Waals surface area (Å²) >= 11 is 0. The Labute approximate surface area is 71.9 Å². The van der Waals surface area contributed by atoms with Crippen LogP contribution >= 0.6 is 0 Å². The zero-order valence-corrected chi connectivity index (χ0v) is 6.99. The lowest BCUT2D eigenvalue weighted by Crippen LogP contribution is -2.18. The van der Waals surface area contributed by atoms with E-state index in [1.165, 1.54) is 0 Å². The van der Waals surface area contributed by atoms with E-state index in [2.05, 4.69) is 12.2 Å². The molecule has 0 heterocycles. The van der Waals surface area contributed by atoms with Crippen molar-refractivity contribution in [2.24, 2.45) is 5.92 Å². The van der Waals surface area contributed by atoms with Crippen molar-refractivity contribution in [3.05, 3.63) is 36.0 Å². The van der Waals surface area contributed by atoms with E-state index in [9.17, 15) is 9.90 Å². The van der Waals surface area contributed by atoms with Crippen molar-refractivity contribution in [3.63, 3.8) is 0 Å². The quantitative estimate of drug-likeness (QED) is 0.446. The van der Waals surface area contributed by atoms with E-state index in [1.54, 1.807) is 6.08 Å². The fraction of sp³-hybridized carbons (Fsp3) is 0.300. The van der Waals surface area contributed by atoms with E-state index in [0.29, 0.717) is 5.92 Å².